The molecule has 9 heteroatoms. The van der Waals surface area contributed by atoms with Gasteiger partial charge < -0.3 is 34.3 Å². The molecule has 0 atom stereocenters. The second-order valence-electron chi connectivity index (χ2n) is 15.8. The van der Waals surface area contributed by atoms with Crippen LogP contribution in [0.3, 0.4) is 0 Å². The summed E-state index contributed by atoms with van der Waals surface area (Å²) in [6.45, 7) is 21.6. The van der Waals surface area contributed by atoms with Gasteiger partial charge in [0.15, 0.2) is 5.41 Å². The van der Waals surface area contributed by atoms with Crippen LogP contribution in [0.2, 0.25) is 0 Å². The van der Waals surface area contributed by atoms with E-state index in [2.05, 4.69) is 72.9 Å². The Bertz CT molecular complexity index is 794. The maximum atomic E-state index is 13.6. The summed E-state index contributed by atoms with van der Waals surface area (Å²) in [5, 5.41) is 7.35. The Hall–Kier alpha value is -1.26. The molecule has 2 aliphatic rings. The zero-order valence-electron chi connectivity index (χ0n) is 29.8. The standard InChI is InChI=1S/C35H66N2O7/c1-11-12-16-35(17-13-18-40-10,29(38)43-21-14-19-41-27-23-31(2,3)36-32(4,5)24-27)30(39)44-22-15-20-42-28-25-33(6,7)37-34(8,9)26-28/h27-28,36-37H,11-26H2,1-10H3. The van der Waals surface area contributed by atoms with Crippen molar-refractivity contribution in [3.8, 4) is 0 Å². The van der Waals surface area contributed by atoms with Crippen LogP contribution in [0.15, 0.2) is 0 Å². The van der Waals surface area contributed by atoms with Gasteiger partial charge in [0.2, 0.25) is 0 Å². The van der Waals surface area contributed by atoms with E-state index in [1.807, 2.05) is 0 Å². The van der Waals surface area contributed by atoms with Crippen molar-refractivity contribution in [2.75, 3.05) is 40.1 Å². The second-order valence-corrected chi connectivity index (χ2v) is 15.8. The molecular weight excluding hydrogens is 560 g/mol. The third-order valence-electron chi connectivity index (χ3n) is 8.75. The second kappa shape index (κ2) is 17.1. The lowest BCUT2D eigenvalue weighted by molar-refractivity contribution is -0.175. The molecule has 0 bridgehead atoms. The fourth-order valence-electron chi connectivity index (χ4n) is 7.53. The highest BCUT2D eigenvalue weighted by atomic mass is 16.6. The minimum absolute atomic E-state index is 0.00758. The van der Waals surface area contributed by atoms with E-state index in [4.69, 9.17) is 23.7 Å². The summed E-state index contributed by atoms with van der Waals surface area (Å²) >= 11 is 0. The van der Waals surface area contributed by atoms with E-state index in [1.54, 1.807) is 7.11 Å². The van der Waals surface area contributed by atoms with Crippen LogP contribution < -0.4 is 10.6 Å². The van der Waals surface area contributed by atoms with Gasteiger partial charge in [0.05, 0.1) is 38.6 Å². The van der Waals surface area contributed by atoms with E-state index >= 15 is 0 Å². The van der Waals surface area contributed by atoms with Crippen molar-refractivity contribution in [1.29, 1.82) is 0 Å². The van der Waals surface area contributed by atoms with E-state index in [1.165, 1.54) is 0 Å². The molecule has 9 nitrogen and oxygen atoms in total. The van der Waals surface area contributed by atoms with Crippen molar-refractivity contribution in [1.82, 2.24) is 10.6 Å². The van der Waals surface area contributed by atoms with E-state index in [0.29, 0.717) is 51.9 Å². The molecule has 0 spiro atoms. The lowest BCUT2D eigenvalue weighted by atomic mass is 9.78. The van der Waals surface area contributed by atoms with Gasteiger partial charge in [-0.15, -0.1) is 0 Å². The highest BCUT2D eigenvalue weighted by molar-refractivity contribution is 6.00. The zero-order valence-corrected chi connectivity index (χ0v) is 29.8. The van der Waals surface area contributed by atoms with E-state index in [9.17, 15) is 9.59 Å². The van der Waals surface area contributed by atoms with Crippen LogP contribution in [0, 0.1) is 5.41 Å². The first-order valence-electron chi connectivity index (χ1n) is 17.1. The van der Waals surface area contributed by atoms with Crippen LogP contribution in [-0.2, 0) is 33.3 Å². The molecule has 0 amide bonds. The SMILES string of the molecule is CCCCC(CCCOC)(C(=O)OCCCOC1CC(C)(C)NC(C)(C)C1)C(=O)OCCCOC1CC(C)(C)NC(C)(C)C1. The van der Waals surface area contributed by atoms with Gasteiger partial charge in [0, 0.05) is 48.7 Å². The number of carbonyl (C=O) groups is 2. The summed E-state index contributed by atoms with van der Waals surface area (Å²) < 4.78 is 29.2. The third kappa shape index (κ3) is 13.2. The Morgan fingerprint density at radius 3 is 1.36 bits per heavy atom. The number of unbranched alkanes of at least 4 members (excludes halogenated alkanes) is 1. The molecule has 0 aromatic heterocycles. The molecule has 2 rings (SSSR count). The number of carbonyl (C=O) groups excluding carboxylic acids is 2. The number of piperidine rings is 2. The van der Waals surface area contributed by atoms with Gasteiger partial charge in [-0.3, -0.25) is 9.59 Å². The normalized spacial score (nSPS) is 21.6. The first-order chi connectivity index (χ1) is 20.4. The molecule has 0 aromatic carbocycles. The van der Waals surface area contributed by atoms with Crippen molar-refractivity contribution in [2.45, 2.75) is 167 Å². The molecule has 2 aliphatic heterocycles. The molecule has 2 saturated heterocycles. The minimum Gasteiger partial charge on any atom is -0.465 e. The van der Waals surface area contributed by atoms with Crippen molar-refractivity contribution in [3.05, 3.63) is 0 Å². The van der Waals surface area contributed by atoms with Gasteiger partial charge in [-0.05, 0) is 100 Å². The number of nitrogens with one attached hydrogen (secondary N) is 2. The quantitative estimate of drug-likeness (QED) is 0.0999. The average molecular weight is 627 g/mol. The fraction of sp³-hybridized carbons (Fsp3) is 0.943. The van der Waals surface area contributed by atoms with Crippen LogP contribution in [-0.4, -0.2) is 86.4 Å². The topological polar surface area (TPSA) is 104 Å². The van der Waals surface area contributed by atoms with Gasteiger partial charge in [-0.2, -0.15) is 0 Å². The molecule has 0 radical (unpaired) electrons. The maximum Gasteiger partial charge on any atom is 0.323 e. The van der Waals surface area contributed by atoms with E-state index in [-0.39, 0.29) is 47.6 Å². The van der Waals surface area contributed by atoms with Gasteiger partial charge in [0.1, 0.15) is 0 Å². The van der Waals surface area contributed by atoms with Crippen molar-refractivity contribution >= 4 is 11.9 Å². The first kappa shape index (κ1) is 38.9. The molecule has 0 unspecified atom stereocenters. The molecule has 0 aliphatic carbocycles. The molecule has 2 fully saturated rings. The highest BCUT2D eigenvalue weighted by Crippen LogP contribution is 2.35. The van der Waals surface area contributed by atoms with E-state index in [0.717, 1.165) is 38.5 Å². The number of methoxy groups -OCH3 is 1. The summed E-state index contributed by atoms with van der Waals surface area (Å²) in [4.78, 5) is 27.2. The fourth-order valence-corrected chi connectivity index (χ4v) is 7.53. The van der Waals surface area contributed by atoms with Gasteiger partial charge >= 0.3 is 11.9 Å². The summed E-state index contributed by atoms with van der Waals surface area (Å²) in [6.07, 6.45) is 8.08. The van der Waals surface area contributed by atoms with Crippen molar-refractivity contribution in [2.24, 2.45) is 5.41 Å². The Balaban J connectivity index is 1.91. The molecule has 0 aromatic rings. The van der Waals surface area contributed by atoms with Crippen LogP contribution in [0.1, 0.15) is 133 Å². The molecular formula is C35H66N2O7. The van der Waals surface area contributed by atoms with Gasteiger partial charge in [0.25, 0.3) is 0 Å². The number of hydrogen-bond donors (Lipinski definition) is 2. The number of esters is 2. The lowest BCUT2D eigenvalue weighted by Gasteiger charge is -2.46. The van der Waals surface area contributed by atoms with Crippen LogP contribution in [0.5, 0.6) is 0 Å². The first-order valence-corrected chi connectivity index (χ1v) is 17.1. The Labute approximate surface area is 268 Å². The molecule has 2 N–H and O–H groups in total. The molecule has 258 valence electrons. The van der Waals surface area contributed by atoms with Crippen molar-refractivity contribution < 1.29 is 33.3 Å². The van der Waals surface area contributed by atoms with Crippen LogP contribution in [0.25, 0.3) is 0 Å². The number of hydrogen-bond acceptors (Lipinski definition) is 9. The highest BCUT2D eigenvalue weighted by Gasteiger charge is 2.48. The van der Waals surface area contributed by atoms with Gasteiger partial charge in [-0.1, -0.05) is 19.8 Å². The largest absolute Gasteiger partial charge is 0.465 e. The zero-order chi connectivity index (χ0) is 33.1. The number of rotatable bonds is 19. The molecule has 0 saturated carbocycles. The maximum absolute atomic E-state index is 13.6. The predicted octanol–water partition coefficient (Wildman–Crippen LogP) is 6.11. The monoisotopic (exact) mass is 626 g/mol. The van der Waals surface area contributed by atoms with Gasteiger partial charge in [-0.25, -0.2) is 0 Å². The van der Waals surface area contributed by atoms with Crippen LogP contribution >= 0.6 is 0 Å². The third-order valence-corrected chi connectivity index (χ3v) is 8.75. The molecule has 44 heavy (non-hydrogen) atoms. The summed E-state index contributed by atoms with van der Waals surface area (Å²) in [5.41, 5.74) is -1.30. The Morgan fingerprint density at radius 1 is 0.614 bits per heavy atom. The summed E-state index contributed by atoms with van der Waals surface area (Å²) in [6, 6.07) is 0. The summed E-state index contributed by atoms with van der Waals surface area (Å²) in [5.74, 6) is -0.988. The van der Waals surface area contributed by atoms with Crippen molar-refractivity contribution in [3.63, 3.8) is 0 Å². The Kier molecular flexibility index (Phi) is 15.1. The Morgan fingerprint density at radius 2 is 1.00 bits per heavy atom. The lowest BCUT2D eigenvalue weighted by Crippen LogP contribution is -2.59. The van der Waals surface area contributed by atoms with E-state index < -0.39 is 17.4 Å². The average Bonchev–Trinajstić information content (AvgIpc) is 2.86. The minimum atomic E-state index is -1.33. The molecule has 2 heterocycles. The smallest absolute Gasteiger partial charge is 0.323 e. The van der Waals surface area contributed by atoms with Crippen LogP contribution in [0.4, 0.5) is 0 Å². The summed E-state index contributed by atoms with van der Waals surface area (Å²) in [7, 11) is 1.62. The number of ether oxygens (including phenoxy) is 5. The predicted molar refractivity (Wildman–Crippen MR) is 175 cm³/mol.